The summed E-state index contributed by atoms with van der Waals surface area (Å²) >= 11 is 1.66. The SMILES string of the molecule is O=C(CCN1CCC(N2CCCCC2)CC1)Nc1ccc(-c2ccc(C3=CCNCC3)cc2)s1. The fourth-order valence-electron chi connectivity index (χ4n) is 5.54. The molecular weight excluding hydrogens is 440 g/mol. The molecule has 34 heavy (non-hydrogen) atoms. The van der Waals surface area contributed by atoms with Gasteiger partial charge in [0.2, 0.25) is 5.91 Å². The minimum atomic E-state index is 0.125. The molecule has 4 heterocycles. The number of nitrogens with zero attached hydrogens (tertiary/aromatic N) is 2. The molecule has 182 valence electrons. The third-order valence-corrected chi connectivity index (χ3v) is 8.64. The van der Waals surface area contributed by atoms with Gasteiger partial charge in [0, 0.05) is 30.4 Å². The highest BCUT2D eigenvalue weighted by Gasteiger charge is 2.25. The molecule has 6 heteroatoms. The summed E-state index contributed by atoms with van der Waals surface area (Å²) in [5.74, 6) is 0.125. The van der Waals surface area contributed by atoms with Gasteiger partial charge in [0.05, 0.1) is 5.00 Å². The van der Waals surface area contributed by atoms with E-state index < -0.39 is 0 Å². The van der Waals surface area contributed by atoms with Gasteiger partial charge in [0.25, 0.3) is 0 Å². The van der Waals surface area contributed by atoms with Gasteiger partial charge in [-0.2, -0.15) is 0 Å². The molecule has 0 bridgehead atoms. The summed E-state index contributed by atoms with van der Waals surface area (Å²) in [6.07, 6.45) is 10.6. The summed E-state index contributed by atoms with van der Waals surface area (Å²) in [6, 6.07) is 13.8. The molecule has 0 radical (unpaired) electrons. The lowest BCUT2D eigenvalue weighted by Crippen LogP contribution is -2.47. The van der Waals surface area contributed by atoms with Crippen LogP contribution in [0.25, 0.3) is 16.0 Å². The highest BCUT2D eigenvalue weighted by molar-refractivity contribution is 7.19. The van der Waals surface area contributed by atoms with Crippen LogP contribution in [0.3, 0.4) is 0 Å². The lowest BCUT2D eigenvalue weighted by molar-refractivity contribution is -0.116. The molecule has 1 amide bonds. The third-order valence-electron chi connectivity index (χ3n) is 7.59. The Morgan fingerprint density at radius 1 is 0.971 bits per heavy atom. The van der Waals surface area contributed by atoms with Crippen LogP contribution in [0, 0.1) is 0 Å². The topological polar surface area (TPSA) is 47.6 Å². The van der Waals surface area contributed by atoms with Crippen molar-refractivity contribution in [1.29, 1.82) is 0 Å². The standard InChI is InChI=1S/C28H38N4OS/c33-27(14-21-31-19-12-25(13-20-31)32-17-2-1-3-18-32)30-28-9-8-26(34-28)24-6-4-22(5-7-24)23-10-15-29-16-11-23/h4-10,25,29H,1-3,11-21H2,(H,30,33). The van der Waals surface area contributed by atoms with Gasteiger partial charge in [-0.05, 0) is 93.7 Å². The van der Waals surface area contributed by atoms with Gasteiger partial charge in [0.1, 0.15) is 0 Å². The average molecular weight is 479 g/mol. The predicted molar refractivity (Wildman–Crippen MR) is 143 cm³/mol. The number of hydrogen-bond donors (Lipinski definition) is 2. The maximum atomic E-state index is 12.6. The van der Waals surface area contributed by atoms with Crippen molar-refractivity contribution in [3.63, 3.8) is 0 Å². The Kier molecular flexibility index (Phi) is 8.12. The number of amides is 1. The Balaban J connectivity index is 1.06. The maximum Gasteiger partial charge on any atom is 0.226 e. The first-order chi connectivity index (χ1) is 16.7. The largest absolute Gasteiger partial charge is 0.318 e. The highest BCUT2D eigenvalue weighted by atomic mass is 32.1. The molecule has 5 nitrogen and oxygen atoms in total. The van der Waals surface area contributed by atoms with E-state index in [9.17, 15) is 4.79 Å². The summed E-state index contributed by atoms with van der Waals surface area (Å²) < 4.78 is 0. The molecule has 2 aromatic rings. The number of carbonyl (C=O) groups is 1. The molecule has 2 N–H and O–H groups in total. The van der Waals surface area contributed by atoms with Gasteiger partial charge in [-0.15, -0.1) is 11.3 Å². The minimum Gasteiger partial charge on any atom is -0.318 e. The average Bonchev–Trinajstić information content (AvgIpc) is 3.37. The van der Waals surface area contributed by atoms with Crippen LogP contribution in [0.4, 0.5) is 5.00 Å². The normalized spacial score (nSPS) is 20.8. The van der Waals surface area contributed by atoms with E-state index in [1.165, 1.54) is 66.8 Å². The molecule has 5 rings (SSSR count). The summed E-state index contributed by atoms with van der Waals surface area (Å²) in [5.41, 5.74) is 3.95. The van der Waals surface area contributed by atoms with E-state index >= 15 is 0 Å². The molecule has 0 saturated carbocycles. The number of anilines is 1. The van der Waals surface area contributed by atoms with Crippen molar-refractivity contribution in [1.82, 2.24) is 15.1 Å². The zero-order valence-electron chi connectivity index (χ0n) is 20.2. The van der Waals surface area contributed by atoms with Crippen molar-refractivity contribution in [2.24, 2.45) is 0 Å². The monoisotopic (exact) mass is 478 g/mol. The molecule has 1 aromatic heterocycles. The zero-order valence-corrected chi connectivity index (χ0v) is 21.0. The van der Waals surface area contributed by atoms with Crippen molar-refractivity contribution in [2.75, 3.05) is 51.1 Å². The molecule has 0 aliphatic carbocycles. The second kappa shape index (κ2) is 11.6. The molecule has 1 aromatic carbocycles. The van der Waals surface area contributed by atoms with E-state index in [4.69, 9.17) is 0 Å². The summed E-state index contributed by atoms with van der Waals surface area (Å²) in [4.78, 5) is 19.0. The lowest BCUT2D eigenvalue weighted by atomic mass is 9.99. The molecule has 2 fully saturated rings. The Bertz CT molecular complexity index is 969. The van der Waals surface area contributed by atoms with Crippen molar-refractivity contribution < 1.29 is 4.79 Å². The first-order valence-corrected chi connectivity index (χ1v) is 13.9. The Morgan fingerprint density at radius 2 is 1.74 bits per heavy atom. The van der Waals surface area contributed by atoms with E-state index in [1.807, 2.05) is 6.07 Å². The van der Waals surface area contributed by atoms with Gasteiger partial charge in [-0.3, -0.25) is 4.79 Å². The van der Waals surface area contributed by atoms with E-state index in [-0.39, 0.29) is 5.91 Å². The van der Waals surface area contributed by atoms with Crippen LogP contribution >= 0.6 is 11.3 Å². The molecule has 0 spiro atoms. The number of nitrogens with one attached hydrogen (secondary N) is 2. The molecule has 0 atom stereocenters. The second-order valence-electron chi connectivity index (χ2n) is 9.89. The van der Waals surface area contributed by atoms with Gasteiger partial charge in [0.15, 0.2) is 0 Å². The fraction of sp³-hybridized carbons (Fsp3) is 0.536. The van der Waals surface area contributed by atoms with Gasteiger partial charge in [-0.25, -0.2) is 0 Å². The summed E-state index contributed by atoms with van der Waals surface area (Å²) in [6.45, 7) is 7.71. The van der Waals surface area contributed by atoms with E-state index in [0.29, 0.717) is 6.42 Å². The third kappa shape index (κ3) is 6.16. The van der Waals surface area contributed by atoms with Gasteiger partial charge in [-0.1, -0.05) is 36.8 Å². The smallest absolute Gasteiger partial charge is 0.226 e. The summed E-state index contributed by atoms with van der Waals surface area (Å²) in [5, 5.41) is 7.43. The number of rotatable bonds is 7. The Labute approximate surface area is 208 Å². The maximum absolute atomic E-state index is 12.6. The number of carbonyl (C=O) groups excluding carboxylic acids is 1. The van der Waals surface area contributed by atoms with Gasteiger partial charge < -0.3 is 20.4 Å². The zero-order chi connectivity index (χ0) is 23.2. The van der Waals surface area contributed by atoms with E-state index in [2.05, 4.69) is 56.8 Å². The van der Waals surface area contributed by atoms with Crippen molar-refractivity contribution in [3.8, 4) is 10.4 Å². The minimum absolute atomic E-state index is 0.125. The molecule has 3 aliphatic heterocycles. The highest BCUT2D eigenvalue weighted by Crippen LogP contribution is 2.32. The number of hydrogen-bond acceptors (Lipinski definition) is 5. The fourth-order valence-corrected chi connectivity index (χ4v) is 6.47. The Hall–Kier alpha value is -1.99. The van der Waals surface area contributed by atoms with Crippen LogP contribution < -0.4 is 10.6 Å². The Morgan fingerprint density at radius 3 is 2.47 bits per heavy atom. The molecular formula is C28H38N4OS. The van der Waals surface area contributed by atoms with Crippen molar-refractivity contribution in [2.45, 2.75) is 51.0 Å². The molecule has 0 unspecified atom stereocenters. The van der Waals surface area contributed by atoms with E-state index in [0.717, 1.165) is 50.2 Å². The van der Waals surface area contributed by atoms with Crippen LogP contribution in [-0.2, 0) is 4.79 Å². The predicted octanol–water partition coefficient (Wildman–Crippen LogP) is 5.07. The number of piperidine rings is 2. The first kappa shape index (κ1) is 23.7. The van der Waals surface area contributed by atoms with Crippen LogP contribution in [0.1, 0.15) is 50.5 Å². The van der Waals surface area contributed by atoms with Crippen LogP contribution in [0.2, 0.25) is 0 Å². The van der Waals surface area contributed by atoms with Crippen molar-refractivity contribution in [3.05, 3.63) is 48.0 Å². The van der Waals surface area contributed by atoms with Crippen LogP contribution in [0.15, 0.2) is 42.5 Å². The van der Waals surface area contributed by atoms with Crippen molar-refractivity contribution >= 4 is 27.8 Å². The molecule has 3 aliphatic rings. The first-order valence-electron chi connectivity index (χ1n) is 13.1. The lowest BCUT2D eigenvalue weighted by Gasteiger charge is -2.40. The number of thiophene rings is 1. The summed E-state index contributed by atoms with van der Waals surface area (Å²) in [7, 11) is 0. The van der Waals surface area contributed by atoms with E-state index in [1.54, 1.807) is 11.3 Å². The quantitative estimate of drug-likeness (QED) is 0.583. The van der Waals surface area contributed by atoms with Crippen LogP contribution in [0.5, 0.6) is 0 Å². The second-order valence-corrected chi connectivity index (χ2v) is 11.0. The van der Waals surface area contributed by atoms with Crippen LogP contribution in [-0.4, -0.2) is 67.6 Å². The number of benzene rings is 1. The number of likely N-dealkylation sites (tertiary alicyclic amines) is 2. The molecule has 2 saturated heterocycles. The van der Waals surface area contributed by atoms with Gasteiger partial charge >= 0.3 is 0 Å².